The first-order chi connectivity index (χ1) is 6.88. The van der Waals surface area contributed by atoms with Crippen LogP contribution >= 0.6 is 0 Å². The van der Waals surface area contributed by atoms with Gasteiger partial charge in [-0.15, -0.1) is 0 Å². The monoisotopic (exact) mass is 210 g/mol. The molecule has 0 bridgehead atoms. The Kier molecular flexibility index (Phi) is 3.86. The molecular formula is C13H19FO. The Morgan fingerprint density at radius 1 is 1.27 bits per heavy atom. The van der Waals surface area contributed by atoms with Crippen LogP contribution in [0.15, 0.2) is 18.2 Å². The number of halogens is 1. The summed E-state index contributed by atoms with van der Waals surface area (Å²) >= 11 is 0. The Morgan fingerprint density at radius 3 is 2.47 bits per heavy atom. The van der Waals surface area contributed by atoms with Gasteiger partial charge in [-0.25, -0.2) is 4.39 Å². The average Bonchev–Trinajstić information content (AvgIpc) is 2.09. The van der Waals surface area contributed by atoms with E-state index >= 15 is 0 Å². The summed E-state index contributed by atoms with van der Waals surface area (Å²) in [4.78, 5) is 0. The predicted molar refractivity (Wildman–Crippen MR) is 60.5 cm³/mol. The maximum atomic E-state index is 13.0. The van der Waals surface area contributed by atoms with Gasteiger partial charge >= 0.3 is 0 Å². The predicted octanol–water partition coefficient (Wildman–Crippen LogP) is 3.49. The number of rotatable bonds is 3. The Morgan fingerprint density at radius 2 is 1.93 bits per heavy atom. The molecule has 0 aliphatic rings. The lowest BCUT2D eigenvalue weighted by Gasteiger charge is -2.19. The highest BCUT2D eigenvalue weighted by molar-refractivity contribution is 5.23. The molecule has 84 valence electrons. The molecule has 0 saturated heterocycles. The van der Waals surface area contributed by atoms with Crippen LogP contribution in [-0.2, 0) is 11.2 Å². The Labute approximate surface area is 91.3 Å². The van der Waals surface area contributed by atoms with Gasteiger partial charge in [0.25, 0.3) is 0 Å². The molecule has 15 heavy (non-hydrogen) atoms. The van der Waals surface area contributed by atoms with Gasteiger partial charge in [0.1, 0.15) is 5.82 Å². The summed E-state index contributed by atoms with van der Waals surface area (Å²) in [5, 5.41) is 0. The second-order valence-electron chi connectivity index (χ2n) is 4.79. The van der Waals surface area contributed by atoms with Crippen LogP contribution in [0.3, 0.4) is 0 Å². The van der Waals surface area contributed by atoms with Gasteiger partial charge in [0.15, 0.2) is 0 Å². The normalized spacial score (nSPS) is 11.8. The number of aryl methyl sites for hydroxylation is 1. The standard InChI is InChI=1S/C13H19FO/c1-10-9-11(5-6-12(10)14)7-8-15-13(2,3)4/h5-6,9H,7-8H2,1-4H3. The van der Waals surface area contributed by atoms with Crippen LogP contribution in [0.5, 0.6) is 0 Å². The molecule has 1 aromatic carbocycles. The lowest BCUT2D eigenvalue weighted by molar-refractivity contribution is -0.000984. The first kappa shape index (κ1) is 12.2. The molecule has 0 amide bonds. The molecule has 1 rings (SSSR count). The van der Waals surface area contributed by atoms with E-state index < -0.39 is 0 Å². The van der Waals surface area contributed by atoms with Gasteiger partial charge in [-0.2, -0.15) is 0 Å². The molecule has 0 fully saturated rings. The van der Waals surface area contributed by atoms with E-state index in [1.807, 2.05) is 32.9 Å². The number of ether oxygens (including phenoxy) is 1. The minimum absolute atomic E-state index is 0.102. The van der Waals surface area contributed by atoms with Crippen molar-refractivity contribution in [2.24, 2.45) is 0 Å². The van der Waals surface area contributed by atoms with Gasteiger partial charge in [-0.3, -0.25) is 0 Å². The molecule has 0 saturated carbocycles. The summed E-state index contributed by atoms with van der Waals surface area (Å²) in [6.07, 6.45) is 0.832. The summed E-state index contributed by atoms with van der Waals surface area (Å²) in [5.74, 6) is -0.143. The van der Waals surface area contributed by atoms with Crippen molar-refractivity contribution in [3.8, 4) is 0 Å². The van der Waals surface area contributed by atoms with Crippen LogP contribution in [0.25, 0.3) is 0 Å². The second-order valence-corrected chi connectivity index (χ2v) is 4.79. The fourth-order valence-corrected chi connectivity index (χ4v) is 1.34. The summed E-state index contributed by atoms with van der Waals surface area (Å²) in [7, 11) is 0. The van der Waals surface area contributed by atoms with E-state index in [0.717, 1.165) is 12.0 Å². The molecule has 0 heterocycles. The number of hydrogen-bond acceptors (Lipinski definition) is 1. The van der Waals surface area contributed by atoms with Gasteiger partial charge in [-0.1, -0.05) is 12.1 Å². The summed E-state index contributed by atoms with van der Waals surface area (Å²) < 4.78 is 18.6. The average molecular weight is 210 g/mol. The zero-order valence-corrected chi connectivity index (χ0v) is 9.93. The minimum atomic E-state index is -0.143. The van der Waals surface area contributed by atoms with Crippen molar-refractivity contribution in [2.45, 2.75) is 39.7 Å². The van der Waals surface area contributed by atoms with Crippen molar-refractivity contribution in [2.75, 3.05) is 6.61 Å². The fraction of sp³-hybridized carbons (Fsp3) is 0.538. The van der Waals surface area contributed by atoms with Crippen molar-refractivity contribution >= 4 is 0 Å². The highest BCUT2D eigenvalue weighted by atomic mass is 19.1. The van der Waals surface area contributed by atoms with E-state index in [9.17, 15) is 4.39 Å². The second kappa shape index (κ2) is 4.75. The quantitative estimate of drug-likeness (QED) is 0.742. The third-order valence-corrected chi connectivity index (χ3v) is 2.15. The van der Waals surface area contributed by atoms with Crippen LogP contribution in [0.2, 0.25) is 0 Å². The lowest BCUT2D eigenvalue weighted by Crippen LogP contribution is -2.20. The molecule has 2 heteroatoms. The molecule has 0 radical (unpaired) electrons. The molecule has 1 aromatic rings. The van der Waals surface area contributed by atoms with Crippen molar-refractivity contribution in [1.29, 1.82) is 0 Å². The van der Waals surface area contributed by atoms with Crippen molar-refractivity contribution in [3.63, 3.8) is 0 Å². The van der Waals surface area contributed by atoms with Crippen molar-refractivity contribution in [3.05, 3.63) is 35.1 Å². The lowest BCUT2D eigenvalue weighted by atomic mass is 10.1. The first-order valence-corrected chi connectivity index (χ1v) is 5.27. The molecule has 0 aliphatic carbocycles. The smallest absolute Gasteiger partial charge is 0.126 e. The Balaban J connectivity index is 2.48. The number of hydrogen-bond donors (Lipinski definition) is 0. The van der Waals surface area contributed by atoms with Gasteiger partial charge in [0.05, 0.1) is 12.2 Å². The Bertz CT molecular complexity index is 326. The maximum Gasteiger partial charge on any atom is 0.126 e. The van der Waals surface area contributed by atoms with Crippen LogP contribution in [-0.4, -0.2) is 12.2 Å². The van der Waals surface area contributed by atoms with Crippen LogP contribution in [0.4, 0.5) is 4.39 Å². The molecule has 1 nitrogen and oxygen atoms in total. The van der Waals surface area contributed by atoms with Gasteiger partial charge in [0.2, 0.25) is 0 Å². The van der Waals surface area contributed by atoms with E-state index in [-0.39, 0.29) is 11.4 Å². The van der Waals surface area contributed by atoms with Crippen molar-refractivity contribution in [1.82, 2.24) is 0 Å². The molecular weight excluding hydrogens is 191 g/mol. The topological polar surface area (TPSA) is 9.23 Å². The summed E-state index contributed by atoms with van der Waals surface area (Å²) in [6, 6.07) is 5.21. The van der Waals surface area contributed by atoms with Crippen LogP contribution in [0.1, 0.15) is 31.9 Å². The van der Waals surface area contributed by atoms with E-state index in [0.29, 0.717) is 12.2 Å². The van der Waals surface area contributed by atoms with Crippen LogP contribution < -0.4 is 0 Å². The minimum Gasteiger partial charge on any atom is -0.376 e. The summed E-state index contributed by atoms with van der Waals surface area (Å²) in [6.45, 7) is 8.55. The van der Waals surface area contributed by atoms with Gasteiger partial charge < -0.3 is 4.74 Å². The molecule has 0 atom stereocenters. The summed E-state index contributed by atoms with van der Waals surface area (Å²) in [5.41, 5.74) is 1.72. The van der Waals surface area contributed by atoms with E-state index in [1.165, 1.54) is 6.07 Å². The van der Waals surface area contributed by atoms with E-state index in [4.69, 9.17) is 4.74 Å². The molecule has 0 aromatic heterocycles. The largest absolute Gasteiger partial charge is 0.376 e. The van der Waals surface area contributed by atoms with Crippen molar-refractivity contribution < 1.29 is 9.13 Å². The highest BCUT2D eigenvalue weighted by Crippen LogP contribution is 2.12. The van der Waals surface area contributed by atoms with Crippen LogP contribution in [0, 0.1) is 12.7 Å². The molecule has 0 spiro atoms. The SMILES string of the molecule is Cc1cc(CCOC(C)(C)C)ccc1F. The number of benzene rings is 1. The highest BCUT2D eigenvalue weighted by Gasteiger charge is 2.09. The molecule has 0 aliphatic heterocycles. The third-order valence-electron chi connectivity index (χ3n) is 2.15. The molecule has 0 N–H and O–H groups in total. The third kappa shape index (κ3) is 4.43. The Hall–Kier alpha value is -0.890. The van der Waals surface area contributed by atoms with E-state index in [1.54, 1.807) is 6.92 Å². The zero-order valence-electron chi connectivity index (χ0n) is 9.93. The van der Waals surface area contributed by atoms with Gasteiger partial charge in [-0.05, 0) is 51.3 Å². The van der Waals surface area contributed by atoms with E-state index in [2.05, 4.69) is 0 Å². The maximum absolute atomic E-state index is 13.0. The zero-order chi connectivity index (χ0) is 11.5. The fourth-order valence-electron chi connectivity index (χ4n) is 1.34. The molecule has 0 unspecified atom stereocenters. The first-order valence-electron chi connectivity index (χ1n) is 5.27. The van der Waals surface area contributed by atoms with Gasteiger partial charge in [0, 0.05) is 0 Å².